The molecule has 1 N–H and O–H groups in total. The van der Waals surface area contributed by atoms with Gasteiger partial charge in [-0.3, -0.25) is 29.4 Å². The Morgan fingerprint density at radius 1 is 0.656 bits per heavy atom. The van der Waals surface area contributed by atoms with Crippen LogP contribution in [0.4, 0.5) is 26.3 Å². The van der Waals surface area contributed by atoms with Crippen molar-refractivity contribution < 1.29 is 45.5 Å². The van der Waals surface area contributed by atoms with E-state index < -0.39 is 63.7 Å². The number of imide groups is 2. The topological polar surface area (TPSA) is 83.6 Å². The molecular weight excluding hydrogens is 446 g/mol. The molecule has 0 bridgehead atoms. The van der Waals surface area contributed by atoms with E-state index in [4.69, 9.17) is 0 Å². The third kappa shape index (κ3) is 2.61. The van der Waals surface area contributed by atoms with Crippen molar-refractivity contribution in [2.24, 2.45) is 0 Å². The maximum Gasteiger partial charge on any atom is 0.411 e. The molecule has 0 aliphatic carbocycles. The highest BCUT2D eigenvalue weighted by Gasteiger charge is 2.72. The number of nitrogens with zero attached hydrogens (tertiary/aromatic N) is 1. The van der Waals surface area contributed by atoms with Crippen LogP contribution in [0.5, 0.6) is 0 Å². The molecule has 0 fully saturated rings. The minimum absolute atomic E-state index is 0.335. The van der Waals surface area contributed by atoms with Gasteiger partial charge in [-0.2, -0.15) is 26.3 Å². The zero-order valence-electron chi connectivity index (χ0n) is 15.8. The van der Waals surface area contributed by atoms with Gasteiger partial charge in [0.1, 0.15) is 0 Å². The average molecular weight is 456 g/mol. The van der Waals surface area contributed by atoms with Gasteiger partial charge in [-0.05, 0) is 35.4 Å². The lowest BCUT2D eigenvalue weighted by Gasteiger charge is -2.38. The van der Waals surface area contributed by atoms with Crippen LogP contribution >= 0.6 is 0 Å². The second kappa shape index (κ2) is 6.40. The maximum absolute atomic E-state index is 14.3. The van der Waals surface area contributed by atoms with Gasteiger partial charge < -0.3 is 0 Å². The lowest BCUT2D eigenvalue weighted by molar-refractivity contribution is -0.288. The fourth-order valence-electron chi connectivity index (χ4n) is 3.98. The molecule has 4 rings (SSSR count). The molecule has 0 unspecified atom stereocenters. The number of fused-ring (bicyclic) bond motifs is 2. The molecule has 2 aromatic carbocycles. The van der Waals surface area contributed by atoms with E-state index in [2.05, 4.69) is 0 Å². The monoisotopic (exact) mass is 456 g/mol. The zero-order valence-corrected chi connectivity index (χ0v) is 15.8. The second-order valence-corrected chi connectivity index (χ2v) is 7.22. The van der Waals surface area contributed by atoms with Crippen LogP contribution in [0, 0.1) is 0 Å². The van der Waals surface area contributed by atoms with Crippen LogP contribution in [0.25, 0.3) is 0 Å². The molecule has 0 aromatic heterocycles. The molecule has 12 heteroatoms. The Morgan fingerprint density at radius 3 is 1.62 bits per heavy atom. The number of hydrogen-bond acceptors (Lipinski definition) is 4. The summed E-state index contributed by atoms with van der Waals surface area (Å²) in [4.78, 5) is 48.3. The molecule has 4 amide bonds. The van der Waals surface area contributed by atoms with Crippen molar-refractivity contribution in [3.8, 4) is 0 Å². The zero-order chi connectivity index (χ0) is 23.8. The highest BCUT2D eigenvalue weighted by Crippen LogP contribution is 2.56. The van der Waals surface area contributed by atoms with Crippen molar-refractivity contribution in [2.75, 3.05) is 7.05 Å². The molecule has 2 aromatic rings. The number of halogens is 6. The van der Waals surface area contributed by atoms with E-state index in [1.165, 1.54) is 0 Å². The van der Waals surface area contributed by atoms with Crippen molar-refractivity contribution in [1.82, 2.24) is 10.2 Å². The second-order valence-electron chi connectivity index (χ2n) is 7.22. The Hall–Kier alpha value is -3.70. The summed E-state index contributed by atoms with van der Waals surface area (Å²) in [7, 11) is 1.04. The number of benzene rings is 2. The molecule has 2 heterocycles. The third-order valence-corrected chi connectivity index (χ3v) is 5.54. The number of hydrogen-bond donors (Lipinski definition) is 1. The summed E-state index contributed by atoms with van der Waals surface area (Å²) in [6.45, 7) is 0. The number of carbonyl (C=O) groups is 4. The van der Waals surface area contributed by atoms with E-state index in [-0.39, 0.29) is 11.1 Å². The number of nitrogens with one attached hydrogen (secondary N) is 1. The van der Waals surface area contributed by atoms with Gasteiger partial charge in [0, 0.05) is 7.05 Å². The van der Waals surface area contributed by atoms with Crippen molar-refractivity contribution in [3.05, 3.63) is 69.8 Å². The summed E-state index contributed by atoms with van der Waals surface area (Å²) >= 11 is 0. The van der Waals surface area contributed by atoms with Crippen LogP contribution < -0.4 is 5.32 Å². The molecule has 0 radical (unpaired) electrons. The fourth-order valence-corrected chi connectivity index (χ4v) is 3.98. The van der Waals surface area contributed by atoms with Crippen LogP contribution in [0.3, 0.4) is 0 Å². The first-order valence-electron chi connectivity index (χ1n) is 8.82. The highest BCUT2D eigenvalue weighted by atomic mass is 19.4. The fraction of sp³-hybridized carbons (Fsp3) is 0.200. The Balaban J connectivity index is 2.06. The van der Waals surface area contributed by atoms with E-state index in [0.717, 1.165) is 13.1 Å². The Bertz CT molecular complexity index is 1220. The summed E-state index contributed by atoms with van der Waals surface area (Å²) in [6, 6.07) is 3.12. The quantitative estimate of drug-likeness (QED) is 0.556. The summed E-state index contributed by atoms with van der Waals surface area (Å²) in [5, 5.41) is 1.80. The van der Waals surface area contributed by atoms with Gasteiger partial charge >= 0.3 is 12.4 Å². The van der Waals surface area contributed by atoms with E-state index >= 15 is 0 Å². The van der Waals surface area contributed by atoms with Crippen LogP contribution in [0.1, 0.15) is 52.6 Å². The summed E-state index contributed by atoms with van der Waals surface area (Å²) in [5.41, 5.74) is -9.34. The van der Waals surface area contributed by atoms with E-state index in [9.17, 15) is 45.5 Å². The average Bonchev–Trinajstić information content (AvgIpc) is 3.08. The first-order valence-corrected chi connectivity index (χ1v) is 8.82. The van der Waals surface area contributed by atoms with E-state index in [0.29, 0.717) is 35.2 Å². The molecule has 2 aliphatic rings. The molecule has 166 valence electrons. The van der Waals surface area contributed by atoms with Gasteiger partial charge in [-0.15, -0.1) is 0 Å². The first-order chi connectivity index (χ1) is 14.7. The van der Waals surface area contributed by atoms with Gasteiger partial charge in [0.05, 0.1) is 22.3 Å². The predicted octanol–water partition coefficient (Wildman–Crippen LogP) is 3.21. The van der Waals surface area contributed by atoms with Gasteiger partial charge in [0.2, 0.25) is 5.41 Å². The molecule has 32 heavy (non-hydrogen) atoms. The van der Waals surface area contributed by atoms with Crippen molar-refractivity contribution in [2.45, 2.75) is 17.8 Å². The Labute approximate surface area is 174 Å². The Kier molecular flexibility index (Phi) is 4.31. The van der Waals surface area contributed by atoms with Gasteiger partial charge in [-0.25, -0.2) is 0 Å². The smallest absolute Gasteiger partial charge is 0.288 e. The van der Waals surface area contributed by atoms with Gasteiger partial charge in [0.15, 0.2) is 0 Å². The SMILES string of the molecule is CN1C(=O)c2ccc(C(c3ccc4c(c3)C(=O)NC4=O)(C(F)(F)F)C(F)(F)F)cc2C1=O. The predicted molar refractivity (Wildman–Crippen MR) is 94.0 cm³/mol. The molecule has 2 aliphatic heterocycles. The minimum atomic E-state index is -5.98. The Morgan fingerprint density at radius 2 is 1.09 bits per heavy atom. The summed E-state index contributed by atoms with van der Waals surface area (Å²) in [6.07, 6.45) is -12.0. The van der Waals surface area contributed by atoms with Gasteiger partial charge in [0.25, 0.3) is 23.6 Å². The summed E-state index contributed by atoms with van der Waals surface area (Å²) in [5.74, 6) is -4.01. The van der Waals surface area contributed by atoms with Crippen LogP contribution in [0.2, 0.25) is 0 Å². The van der Waals surface area contributed by atoms with Crippen molar-refractivity contribution in [3.63, 3.8) is 0 Å². The lowest BCUT2D eigenvalue weighted by Crippen LogP contribution is -2.55. The van der Waals surface area contributed by atoms with Crippen molar-refractivity contribution in [1.29, 1.82) is 0 Å². The molecule has 0 saturated carbocycles. The maximum atomic E-state index is 14.3. The third-order valence-electron chi connectivity index (χ3n) is 5.54. The normalized spacial score (nSPS) is 16.4. The van der Waals surface area contributed by atoms with E-state index in [1.807, 2.05) is 0 Å². The van der Waals surface area contributed by atoms with Crippen LogP contribution in [0.15, 0.2) is 36.4 Å². The molecular formula is C20H10F6N2O4. The van der Waals surface area contributed by atoms with Crippen LogP contribution in [-0.2, 0) is 5.41 Å². The van der Waals surface area contributed by atoms with Crippen molar-refractivity contribution >= 4 is 23.6 Å². The highest BCUT2D eigenvalue weighted by molar-refractivity contribution is 6.22. The molecule has 6 nitrogen and oxygen atoms in total. The number of alkyl halides is 6. The first kappa shape index (κ1) is 21.5. The number of rotatable bonds is 2. The lowest BCUT2D eigenvalue weighted by atomic mass is 9.71. The number of amides is 4. The number of carbonyl (C=O) groups excluding carboxylic acids is 4. The minimum Gasteiger partial charge on any atom is -0.288 e. The summed E-state index contributed by atoms with van der Waals surface area (Å²) < 4.78 is 85.9. The largest absolute Gasteiger partial charge is 0.411 e. The molecule has 0 saturated heterocycles. The van der Waals surface area contributed by atoms with Crippen LogP contribution in [-0.4, -0.2) is 47.9 Å². The van der Waals surface area contributed by atoms with E-state index in [1.54, 1.807) is 5.32 Å². The molecule has 0 spiro atoms. The standard InChI is InChI=1S/C20H10F6N2O4/c1-28-16(31)11-5-3-9(7-13(11)17(28)32)18(19(21,22)23,20(24,25)26)8-2-4-10-12(6-8)15(30)27-14(10)29/h2-7H,1H3,(H,27,29,30). The van der Waals surface area contributed by atoms with Gasteiger partial charge in [-0.1, -0.05) is 12.1 Å². The molecule has 0 atom stereocenters.